The lowest BCUT2D eigenvalue weighted by atomic mass is 10.1. The summed E-state index contributed by atoms with van der Waals surface area (Å²) >= 11 is 0. The molecule has 4 nitrogen and oxygen atoms in total. The molecule has 3 atom stereocenters. The summed E-state index contributed by atoms with van der Waals surface area (Å²) in [7, 11) is 0.163. The minimum Gasteiger partial charge on any atom is -0.480 e. The molecule has 1 aromatic rings. The SMILES string of the molecule is COCCC(C)S(=O)C(Cc1ccccc1)C(=O)O. The molecule has 0 fully saturated rings. The molecule has 0 aromatic heterocycles. The van der Waals surface area contributed by atoms with Gasteiger partial charge in [-0.3, -0.25) is 9.00 Å². The number of hydrogen-bond acceptors (Lipinski definition) is 3. The highest BCUT2D eigenvalue weighted by atomic mass is 32.2. The summed E-state index contributed by atoms with van der Waals surface area (Å²) in [5.74, 6) is -1.01. The van der Waals surface area contributed by atoms with E-state index in [2.05, 4.69) is 0 Å². The number of methoxy groups -OCH3 is 1. The number of carbonyl (C=O) groups is 1. The molecule has 0 aliphatic rings. The molecule has 0 saturated carbocycles. The summed E-state index contributed by atoms with van der Waals surface area (Å²) in [6, 6.07) is 9.29. The molecule has 0 aliphatic carbocycles. The Labute approximate surface area is 116 Å². The van der Waals surface area contributed by atoms with Crippen LogP contribution in [0.3, 0.4) is 0 Å². The van der Waals surface area contributed by atoms with E-state index in [-0.39, 0.29) is 5.25 Å². The zero-order valence-corrected chi connectivity index (χ0v) is 12.1. The average molecular weight is 284 g/mol. The van der Waals surface area contributed by atoms with Gasteiger partial charge in [0, 0.05) is 29.8 Å². The van der Waals surface area contributed by atoms with Gasteiger partial charge in [-0.05, 0) is 18.4 Å². The van der Waals surface area contributed by atoms with Crippen LogP contribution in [0.5, 0.6) is 0 Å². The molecule has 1 rings (SSSR count). The van der Waals surface area contributed by atoms with Crippen LogP contribution in [0.4, 0.5) is 0 Å². The Balaban J connectivity index is 2.72. The number of ether oxygens (including phenoxy) is 1. The van der Waals surface area contributed by atoms with Crippen molar-refractivity contribution in [2.75, 3.05) is 13.7 Å². The van der Waals surface area contributed by atoms with E-state index in [0.29, 0.717) is 19.4 Å². The number of aliphatic carboxylic acids is 1. The monoisotopic (exact) mass is 284 g/mol. The Bertz CT molecular complexity index is 419. The molecule has 106 valence electrons. The second-order valence-corrected chi connectivity index (χ2v) is 6.47. The van der Waals surface area contributed by atoms with Crippen LogP contribution < -0.4 is 0 Å². The maximum atomic E-state index is 12.3. The summed E-state index contributed by atoms with van der Waals surface area (Å²) in [5, 5.41) is 8.20. The van der Waals surface area contributed by atoms with Crippen LogP contribution in [0, 0.1) is 0 Å². The molecule has 0 radical (unpaired) electrons. The molecule has 0 aliphatic heterocycles. The lowest BCUT2D eigenvalue weighted by Crippen LogP contribution is -2.33. The number of benzene rings is 1. The summed E-state index contributed by atoms with van der Waals surface area (Å²) in [6.45, 7) is 2.29. The Morgan fingerprint density at radius 2 is 2.00 bits per heavy atom. The van der Waals surface area contributed by atoms with Gasteiger partial charge in [-0.15, -0.1) is 0 Å². The molecule has 1 aromatic carbocycles. The van der Waals surface area contributed by atoms with Gasteiger partial charge >= 0.3 is 5.97 Å². The molecular weight excluding hydrogens is 264 g/mol. The van der Waals surface area contributed by atoms with E-state index in [4.69, 9.17) is 4.74 Å². The zero-order valence-electron chi connectivity index (χ0n) is 11.2. The van der Waals surface area contributed by atoms with Crippen LogP contribution in [0.15, 0.2) is 30.3 Å². The van der Waals surface area contributed by atoms with Gasteiger partial charge in [0.15, 0.2) is 0 Å². The third kappa shape index (κ3) is 5.12. The van der Waals surface area contributed by atoms with E-state index in [0.717, 1.165) is 5.56 Å². The van der Waals surface area contributed by atoms with Crippen LogP contribution in [-0.4, -0.2) is 39.5 Å². The fourth-order valence-electron chi connectivity index (χ4n) is 1.78. The first-order chi connectivity index (χ1) is 9.06. The largest absolute Gasteiger partial charge is 0.480 e. The highest BCUT2D eigenvalue weighted by Gasteiger charge is 2.28. The van der Waals surface area contributed by atoms with E-state index >= 15 is 0 Å². The third-order valence-corrected chi connectivity index (χ3v) is 4.90. The minimum absolute atomic E-state index is 0.190. The van der Waals surface area contributed by atoms with E-state index < -0.39 is 22.0 Å². The van der Waals surface area contributed by atoms with E-state index in [9.17, 15) is 14.1 Å². The average Bonchev–Trinajstić information content (AvgIpc) is 2.42. The van der Waals surface area contributed by atoms with Crippen molar-refractivity contribution >= 4 is 16.8 Å². The zero-order chi connectivity index (χ0) is 14.3. The molecule has 0 spiro atoms. The normalized spacial score (nSPS) is 15.7. The standard InChI is InChI=1S/C14H20O4S/c1-11(8-9-18-2)19(17)13(14(15)16)10-12-6-4-3-5-7-12/h3-7,11,13H,8-10H2,1-2H3,(H,15,16). The predicted molar refractivity (Wildman–Crippen MR) is 75.7 cm³/mol. The van der Waals surface area contributed by atoms with E-state index in [1.54, 1.807) is 14.0 Å². The molecule has 0 saturated heterocycles. The van der Waals surface area contributed by atoms with Gasteiger partial charge < -0.3 is 9.84 Å². The van der Waals surface area contributed by atoms with Crippen LogP contribution in [-0.2, 0) is 26.8 Å². The molecule has 1 N–H and O–H groups in total. The molecule has 0 heterocycles. The maximum Gasteiger partial charge on any atom is 0.319 e. The van der Waals surface area contributed by atoms with Crippen molar-refractivity contribution in [2.24, 2.45) is 0 Å². The summed E-state index contributed by atoms with van der Waals surface area (Å²) in [4.78, 5) is 11.3. The Morgan fingerprint density at radius 3 is 2.53 bits per heavy atom. The maximum absolute atomic E-state index is 12.3. The van der Waals surface area contributed by atoms with Crippen LogP contribution >= 0.6 is 0 Å². The van der Waals surface area contributed by atoms with Crippen molar-refractivity contribution in [3.63, 3.8) is 0 Å². The third-order valence-electron chi connectivity index (χ3n) is 2.94. The fraction of sp³-hybridized carbons (Fsp3) is 0.500. The van der Waals surface area contributed by atoms with Gasteiger partial charge in [0.25, 0.3) is 0 Å². The topological polar surface area (TPSA) is 63.6 Å². The highest BCUT2D eigenvalue weighted by Crippen LogP contribution is 2.14. The number of carboxylic acid groups (broad SMARTS) is 1. The van der Waals surface area contributed by atoms with Crippen LogP contribution in [0.2, 0.25) is 0 Å². The van der Waals surface area contributed by atoms with E-state index in [1.807, 2.05) is 30.3 Å². The Morgan fingerprint density at radius 1 is 1.37 bits per heavy atom. The number of carboxylic acids is 1. The minimum atomic E-state index is -1.41. The van der Waals surface area contributed by atoms with Gasteiger partial charge in [-0.2, -0.15) is 0 Å². The number of hydrogen-bond donors (Lipinski definition) is 1. The quantitative estimate of drug-likeness (QED) is 0.791. The molecule has 3 unspecified atom stereocenters. The summed E-state index contributed by atoms with van der Waals surface area (Å²) in [6.07, 6.45) is 0.891. The second-order valence-electron chi connectivity index (χ2n) is 4.44. The van der Waals surface area contributed by atoms with Crippen molar-refractivity contribution in [3.05, 3.63) is 35.9 Å². The smallest absolute Gasteiger partial charge is 0.319 e. The van der Waals surface area contributed by atoms with Crippen molar-refractivity contribution in [1.82, 2.24) is 0 Å². The van der Waals surface area contributed by atoms with Gasteiger partial charge in [0.2, 0.25) is 0 Å². The van der Waals surface area contributed by atoms with Gasteiger partial charge in [0.1, 0.15) is 5.25 Å². The Hall–Kier alpha value is -1.20. The number of rotatable bonds is 8. The first-order valence-electron chi connectivity index (χ1n) is 6.21. The predicted octanol–water partition coefficient (Wildman–Crippen LogP) is 1.86. The first-order valence-corrected chi connectivity index (χ1v) is 7.49. The van der Waals surface area contributed by atoms with Crippen molar-refractivity contribution in [3.8, 4) is 0 Å². The van der Waals surface area contributed by atoms with Crippen molar-refractivity contribution in [1.29, 1.82) is 0 Å². The van der Waals surface area contributed by atoms with Crippen LogP contribution in [0.1, 0.15) is 18.9 Å². The van der Waals surface area contributed by atoms with Gasteiger partial charge in [-0.25, -0.2) is 0 Å². The molecule has 0 bridgehead atoms. The lowest BCUT2D eigenvalue weighted by Gasteiger charge is -2.17. The second kappa shape index (κ2) is 8.07. The summed E-state index contributed by atoms with van der Waals surface area (Å²) < 4.78 is 17.2. The summed E-state index contributed by atoms with van der Waals surface area (Å²) in [5.41, 5.74) is 0.891. The molecule has 0 amide bonds. The molecule has 19 heavy (non-hydrogen) atoms. The lowest BCUT2D eigenvalue weighted by molar-refractivity contribution is -0.136. The van der Waals surface area contributed by atoms with Gasteiger partial charge in [0.05, 0.1) is 0 Å². The van der Waals surface area contributed by atoms with Crippen molar-refractivity contribution < 1.29 is 18.8 Å². The van der Waals surface area contributed by atoms with Crippen molar-refractivity contribution in [2.45, 2.75) is 30.3 Å². The fourth-order valence-corrected chi connectivity index (χ4v) is 3.22. The van der Waals surface area contributed by atoms with Gasteiger partial charge in [-0.1, -0.05) is 37.3 Å². The van der Waals surface area contributed by atoms with Crippen LogP contribution in [0.25, 0.3) is 0 Å². The van der Waals surface area contributed by atoms with E-state index in [1.165, 1.54) is 0 Å². The molecular formula is C14H20O4S. The highest BCUT2D eigenvalue weighted by molar-refractivity contribution is 7.87. The first kappa shape index (κ1) is 15.9. The Kier molecular flexibility index (Phi) is 6.73. The molecule has 5 heteroatoms.